The van der Waals surface area contributed by atoms with Crippen LogP contribution in [0, 0.1) is 12.8 Å². The number of anilines is 1. The lowest BCUT2D eigenvalue weighted by Crippen LogP contribution is -2.48. The first-order valence-electron chi connectivity index (χ1n) is 14.1. The van der Waals surface area contributed by atoms with E-state index in [1.807, 2.05) is 13.8 Å². The summed E-state index contributed by atoms with van der Waals surface area (Å²) in [4.78, 5) is 15.2. The van der Waals surface area contributed by atoms with Gasteiger partial charge in [-0.05, 0) is 68.4 Å². The van der Waals surface area contributed by atoms with Crippen molar-refractivity contribution in [3.05, 3.63) is 77.9 Å². The topological polar surface area (TPSA) is 143 Å². The predicted molar refractivity (Wildman–Crippen MR) is 167 cm³/mol. The van der Waals surface area contributed by atoms with Crippen LogP contribution in [-0.4, -0.2) is 83.1 Å². The van der Waals surface area contributed by atoms with Gasteiger partial charge in [0.1, 0.15) is 17.6 Å². The van der Waals surface area contributed by atoms with Crippen molar-refractivity contribution < 1.29 is 36.2 Å². The van der Waals surface area contributed by atoms with E-state index >= 15 is 0 Å². The summed E-state index contributed by atoms with van der Waals surface area (Å²) in [5.41, 5.74) is 1.58. The standard InChI is InChI=1S/C31H39N3O8S2/c1-21-6-11-28(12-7-21)44(39,40)33(4)19-30-22(2)18-34(23(3)20-35)31(36)17-24-16-25(8-15-29(24)42-30)32-43(37,38)27-13-9-26(41-5)10-14-27/h6-16,22-23,30,32,35H,17-20H2,1-5H3/t22-,23-,30+/m1/s1. The molecule has 2 N–H and O–H groups in total. The van der Waals surface area contributed by atoms with Crippen LogP contribution in [0.2, 0.25) is 0 Å². The van der Waals surface area contributed by atoms with Crippen molar-refractivity contribution in [3.63, 3.8) is 0 Å². The minimum atomic E-state index is -3.96. The number of likely N-dealkylation sites (N-methyl/N-ethyl adjacent to an activating group) is 1. The van der Waals surface area contributed by atoms with Gasteiger partial charge in [-0.25, -0.2) is 16.8 Å². The van der Waals surface area contributed by atoms with Crippen molar-refractivity contribution in [2.75, 3.05) is 38.6 Å². The van der Waals surface area contributed by atoms with Gasteiger partial charge in [0.25, 0.3) is 10.0 Å². The maximum absolute atomic E-state index is 13.5. The monoisotopic (exact) mass is 645 g/mol. The molecule has 13 heteroatoms. The highest BCUT2D eigenvalue weighted by molar-refractivity contribution is 7.92. The highest BCUT2D eigenvalue weighted by atomic mass is 32.2. The lowest BCUT2D eigenvalue weighted by Gasteiger charge is -2.33. The molecule has 1 aliphatic heterocycles. The number of amides is 1. The number of rotatable bonds is 10. The minimum Gasteiger partial charge on any atom is -0.497 e. The van der Waals surface area contributed by atoms with Gasteiger partial charge in [0, 0.05) is 30.8 Å². The lowest BCUT2D eigenvalue weighted by atomic mass is 10.0. The second-order valence-corrected chi connectivity index (χ2v) is 14.8. The largest absolute Gasteiger partial charge is 0.497 e. The molecule has 3 atom stereocenters. The molecule has 0 unspecified atom stereocenters. The number of hydrogen-bond acceptors (Lipinski definition) is 8. The first-order chi connectivity index (χ1) is 20.7. The van der Waals surface area contributed by atoms with E-state index in [9.17, 15) is 26.7 Å². The number of methoxy groups -OCH3 is 1. The number of hydrogen-bond donors (Lipinski definition) is 2. The fourth-order valence-corrected chi connectivity index (χ4v) is 7.15. The summed E-state index contributed by atoms with van der Waals surface area (Å²) in [5.74, 6) is 0.240. The van der Waals surface area contributed by atoms with Crippen LogP contribution in [0.5, 0.6) is 11.5 Å². The molecule has 11 nitrogen and oxygen atoms in total. The minimum absolute atomic E-state index is 0.0157. The van der Waals surface area contributed by atoms with Crippen LogP contribution in [0.15, 0.2) is 76.5 Å². The average molecular weight is 646 g/mol. The number of aryl methyl sites for hydroxylation is 1. The zero-order chi connectivity index (χ0) is 32.2. The fourth-order valence-electron chi connectivity index (χ4n) is 4.92. The Hall–Kier alpha value is -3.65. The highest BCUT2D eigenvalue weighted by Gasteiger charge is 2.33. The maximum Gasteiger partial charge on any atom is 0.261 e. The molecule has 0 fully saturated rings. The Labute approximate surface area is 259 Å². The zero-order valence-corrected chi connectivity index (χ0v) is 27.1. The molecule has 0 aromatic heterocycles. The van der Waals surface area contributed by atoms with E-state index in [2.05, 4.69) is 4.72 Å². The van der Waals surface area contributed by atoms with Crippen molar-refractivity contribution in [2.45, 2.75) is 49.1 Å². The first kappa shape index (κ1) is 33.2. The predicted octanol–water partition coefficient (Wildman–Crippen LogP) is 3.27. The fraction of sp³-hybridized carbons (Fsp3) is 0.387. The summed E-state index contributed by atoms with van der Waals surface area (Å²) in [6.45, 7) is 5.41. The van der Waals surface area contributed by atoms with Gasteiger partial charge in [0.05, 0.1) is 42.5 Å². The molecule has 0 spiro atoms. The van der Waals surface area contributed by atoms with E-state index in [4.69, 9.17) is 9.47 Å². The van der Waals surface area contributed by atoms with E-state index in [1.54, 1.807) is 54.3 Å². The smallest absolute Gasteiger partial charge is 0.261 e. The van der Waals surface area contributed by atoms with Crippen LogP contribution < -0.4 is 14.2 Å². The number of nitrogens with one attached hydrogen (secondary N) is 1. The third kappa shape index (κ3) is 7.52. The lowest BCUT2D eigenvalue weighted by molar-refractivity contribution is -0.134. The van der Waals surface area contributed by atoms with Gasteiger partial charge >= 0.3 is 0 Å². The van der Waals surface area contributed by atoms with E-state index in [-0.39, 0.29) is 53.4 Å². The van der Waals surface area contributed by atoms with Crippen LogP contribution in [0.4, 0.5) is 5.69 Å². The molecule has 0 saturated carbocycles. The number of carbonyl (C=O) groups is 1. The average Bonchev–Trinajstić information content (AvgIpc) is 3.04. The number of nitrogens with zero attached hydrogens (tertiary/aromatic N) is 2. The summed E-state index contributed by atoms with van der Waals surface area (Å²) >= 11 is 0. The Balaban J connectivity index is 1.67. The van der Waals surface area contributed by atoms with Gasteiger partial charge in [0.2, 0.25) is 15.9 Å². The molecule has 4 rings (SSSR count). The molecular weight excluding hydrogens is 606 g/mol. The van der Waals surface area contributed by atoms with Crippen molar-refractivity contribution >= 4 is 31.6 Å². The molecule has 1 amide bonds. The number of ether oxygens (including phenoxy) is 2. The van der Waals surface area contributed by atoms with Crippen molar-refractivity contribution in [2.24, 2.45) is 5.92 Å². The van der Waals surface area contributed by atoms with Gasteiger partial charge in [-0.2, -0.15) is 4.31 Å². The summed E-state index contributed by atoms with van der Waals surface area (Å²) in [5, 5.41) is 9.90. The van der Waals surface area contributed by atoms with Gasteiger partial charge in [0.15, 0.2) is 0 Å². The molecule has 1 heterocycles. The van der Waals surface area contributed by atoms with Crippen molar-refractivity contribution in [1.29, 1.82) is 0 Å². The summed E-state index contributed by atoms with van der Waals surface area (Å²) < 4.78 is 68.3. The number of fused-ring (bicyclic) bond motifs is 1. The molecular formula is C31H39N3O8S2. The molecule has 0 aliphatic carbocycles. The number of carbonyl (C=O) groups excluding carboxylic acids is 1. The molecule has 0 radical (unpaired) electrons. The van der Waals surface area contributed by atoms with Crippen LogP contribution in [0.25, 0.3) is 0 Å². The second-order valence-electron chi connectivity index (χ2n) is 11.1. The Morgan fingerprint density at radius 1 is 1.05 bits per heavy atom. The third-order valence-electron chi connectivity index (χ3n) is 7.70. The van der Waals surface area contributed by atoms with Gasteiger partial charge in [-0.15, -0.1) is 0 Å². The van der Waals surface area contributed by atoms with Crippen LogP contribution in [0.1, 0.15) is 25.0 Å². The van der Waals surface area contributed by atoms with Crippen molar-refractivity contribution in [3.8, 4) is 11.5 Å². The molecule has 0 saturated heterocycles. The summed E-state index contributed by atoms with van der Waals surface area (Å²) in [6, 6.07) is 16.7. The van der Waals surface area contributed by atoms with Crippen LogP contribution in [0.3, 0.4) is 0 Å². The summed E-state index contributed by atoms with van der Waals surface area (Å²) in [6.07, 6.45) is -0.797. The van der Waals surface area contributed by atoms with Crippen LogP contribution >= 0.6 is 0 Å². The summed E-state index contributed by atoms with van der Waals surface area (Å²) in [7, 11) is -4.83. The molecule has 3 aromatic carbocycles. The van der Waals surface area contributed by atoms with E-state index in [1.165, 1.54) is 42.7 Å². The first-order valence-corrected chi connectivity index (χ1v) is 17.1. The third-order valence-corrected chi connectivity index (χ3v) is 10.9. The van der Waals surface area contributed by atoms with E-state index in [0.717, 1.165) is 5.56 Å². The SMILES string of the molecule is COc1ccc(S(=O)(=O)Nc2ccc3c(c2)CC(=O)N([C@H](C)CO)C[C@@H](C)[C@H](CN(C)S(=O)(=O)c2ccc(C)cc2)O3)cc1. The number of aliphatic hydroxyl groups is 1. The molecule has 0 bridgehead atoms. The normalized spacial score (nSPS) is 18.4. The number of sulfonamides is 2. The Morgan fingerprint density at radius 2 is 1.68 bits per heavy atom. The van der Waals surface area contributed by atoms with Gasteiger partial charge in [-0.3, -0.25) is 9.52 Å². The van der Waals surface area contributed by atoms with E-state index < -0.39 is 32.2 Å². The van der Waals surface area contributed by atoms with E-state index in [0.29, 0.717) is 17.1 Å². The second kappa shape index (κ2) is 13.6. The maximum atomic E-state index is 13.5. The quantitative estimate of drug-likeness (QED) is 0.342. The number of aliphatic hydroxyl groups excluding tert-OH is 1. The highest BCUT2D eigenvalue weighted by Crippen LogP contribution is 2.31. The van der Waals surface area contributed by atoms with Gasteiger partial charge in [-0.1, -0.05) is 24.6 Å². The molecule has 1 aliphatic rings. The van der Waals surface area contributed by atoms with Crippen LogP contribution in [-0.2, 0) is 31.3 Å². The Bertz CT molecular complexity index is 1680. The molecule has 44 heavy (non-hydrogen) atoms. The van der Waals surface area contributed by atoms with Crippen molar-refractivity contribution in [1.82, 2.24) is 9.21 Å². The molecule has 238 valence electrons. The van der Waals surface area contributed by atoms with Gasteiger partial charge < -0.3 is 19.5 Å². The number of benzene rings is 3. The zero-order valence-electron chi connectivity index (χ0n) is 25.4. The Kier molecular flexibility index (Phi) is 10.2. The molecule has 3 aromatic rings. The Morgan fingerprint density at radius 3 is 2.30 bits per heavy atom.